The first-order valence-corrected chi connectivity index (χ1v) is 12.4. The van der Waals surface area contributed by atoms with Crippen molar-refractivity contribution in [2.75, 3.05) is 6.54 Å². The third kappa shape index (κ3) is 3.86. The quantitative estimate of drug-likeness (QED) is 0.469. The Morgan fingerprint density at radius 2 is 1.74 bits per heavy atom. The number of fused-ring (bicyclic) bond motifs is 1. The Morgan fingerprint density at radius 1 is 1.09 bits per heavy atom. The fraction of sp³-hybridized carbons (Fsp3) is 0.345. The lowest BCUT2D eigenvalue weighted by Gasteiger charge is -2.52. The third-order valence-corrected chi connectivity index (χ3v) is 8.58. The highest BCUT2D eigenvalue weighted by Crippen LogP contribution is 2.63. The van der Waals surface area contributed by atoms with Crippen molar-refractivity contribution in [3.8, 4) is 0 Å². The van der Waals surface area contributed by atoms with E-state index >= 15 is 0 Å². The Morgan fingerprint density at radius 3 is 2.37 bits per heavy atom. The van der Waals surface area contributed by atoms with Crippen molar-refractivity contribution in [2.45, 2.75) is 43.9 Å². The average molecular weight is 494 g/mol. The predicted molar refractivity (Wildman–Crippen MR) is 134 cm³/mol. The van der Waals surface area contributed by atoms with Gasteiger partial charge in [0.2, 0.25) is 0 Å². The molecule has 4 nitrogen and oxygen atoms in total. The summed E-state index contributed by atoms with van der Waals surface area (Å²) in [7, 11) is 0. The summed E-state index contributed by atoms with van der Waals surface area (Å²) < 4.78 is 14.5. The van der Waals surface area contributed by atoms with Gasteiger partial charge < -0.3 is 10.2 Å². The van der Waals surface area contributed by atoms with Gasteiger partial charge in [0.05, 0.1) is 16.0 Å². The van der Waals surface area contributed by atoms with Gasteiger partial charge in [-0.3, -0.25) is 9.69 Å². The number of hydrogen-bond acceptors (Lipinski definition) is 3. The fourth-order valence-corrected chi connectivity index (χ4v) is 6.87. The number of aliphatic carboxylic acids is 1. The highest BCUT2D eigenvalue weighted by Gasteiger charge is 2.68. The molecule has 3 aromatic carbocycles. The van der Waals surface area contributed by atoms with Crippen molar-refractivity contribution in [1.82, 2.24) is 4.90 Å². The molecule has 1 saturated heterocycles. The maximum absolute atomic E-state index is 14.5. The highest BCUT2D eigenvalue weighted by atomic mass is 35.5. The molecule has 0 aromatic heterocycles. The van der Waals surface area contributed by atoms with Crippen LogP contribution in [-0.4, -0.2) is 33.7 Å². The summed E-state index contributed by atoms with van der Waals surface area (Å²) in [5, 5.41) is 23.1. The summed E-state index contributed by atoms with van der Waals surface area (Å²) in [6, 6.07) is 23.7. The van der Waals surface area contributed by atoms with Crippen LogP contribution < -0.4 is 0 Å². The maximum atomic E-state index is 14.5. The Kier molecular flexibility index (Phi) is 6.20. The Hall–Kier alpha value is -2.73. The Labute approximate surface area is 210 Å². The average Bonchev–Trinajstić information content (AvgIpc) is 3.16. The number of carbonyl (C=O) groups is 1. The molecule has 35 heavy (non-hydrogen) atoms. The summed E-state index contributed by atoms with van der Waals surface area (Å²) in [5.41, 5.74) is -0.345. The van der Waals surface area contributed by atoms with E-state index in [2.05, 4.69) is 4.90 Å². The second-order valence-electron chi connectivity index (χ2n) is 10.0. The largest absolute Gasteiger partial charge is 0.481 e. The zero-order valence-corrected chi connectivity index (χ0v) is 20.3. The molecule has 5 unspecified atom stereocenters. The number of aliphatic hydroxyl groups is 1. The van der Waals surface area contributed by atoms with E-state index in [9.17, 15) is 19.4 Å². The van der Waals surface area contributed by atoms with Crippen LogP contribution in [0.1, 0.15) is 42.4 Å². The molecule has 2 fully saturated rings. The number of halogens is 2. The van der Waals surface area contributed by atoms with Crippen molar-refractivity contribution in [2.24, 2.45) is 11.3 Å². The van der Waals surface area contributed by atoms with Gasteiger partial charge in [0, 0.05) is 31.0 Å². The van der Waals surface area contributed by atoms with Crippen molar-refractivity contribution < 1.29 is 19.4 Å². The summed E-state index contributed by atoms with van der Waals surface area (Å²) in [6.07, 6.45) is 0.802. The van der Waals surface area contributed by atoms with Crippen LogP contribution in [0.4, 0.5) is 4.39 Å². The number of carboxylic acids is 1. The van der Waals surface area contributed by atoms with Crippen LogP contribution in [0.5, 0.6) is 0 Å². The van der Waals surface area contributed by atoms with Crippen molar-refractivity contribution in [3.63, 3.8) is 0 Å². The van der Waals surface area contributed by atoms with Gasteiger partial charge in [-0.05, 0) is 48.6 Å². The number of likely N-dealkylation sites (tertiary alicyclic amines) is 1. The van der Waals surface area contributed by atoms with Gasteiger partial charge in [-0.25, -0.2) is 4.39 Å². The SMILES string of the molecule is CC1C2C(O)(c3ccc(Cl)c(F)c3)CCC(c3ccccc3)C2(C(=O)O)CN1Cc1ccccc1. The molecule has 0 radical (unpaired) electrons. The maximum Gasteiger partial charge on any atom is 0.312 e. The van der Waals surface area contributed by atoms with E-state index in [1.165, 1.54) is 12.1 Å². The van der Waals surface area contributed by atoms with E-state index in [0.717, 1.165) is 11.1 Å². The zero-order valence-electron chi connectivity index (χ0n) is 19.6. The van der Waals surface area contributed by atoms with Gasteiger partial charge in [0.15, 0.2) is 0 Å². The lowest BCUT2D eigenvalue weighted by atomic mass is 9.52. The van der Waals surface area contributed by atoms with Crippen molar-refractivity contribution >= 4 is 17.6 Å². The molecule has 182 valence electrons. The number of nitrogens with zero attached hydrogens (tertiary/aromatic N) is 1. The van der Waals surface area contributed by atoms with Crippen molar-refractivity contribution in [3.05, 3.63) is 106 Å². The van der Waals surface area contributed by atoms with Crippen LogP contribution in [0, 0.1) is 17.2 Å². The number of rotatable bonds is 5. The van der Waals surface area contributed by atoms with E-state index in [-0.39, 0.29) is 17.0 Å². The van der Waals surface area contributed by atoms with Crippen LogP contribution in [0.25, 0.3) is 0 Å². The minimum Gasteiger partial charge on any atom is -0.481 e. The normalized spacial score (nSPS) is 30.7. The monoisotopic (exact) mass is 493 g/mol. The molecular formula is C29H29ClFNO3. The van der Waals surface area contributed by atoms with Gasteiger partial charge in [-0.1, -0.05) is 78.3 Å². The van der Waals surface area contributed by atoms with Gasteiger partial charge in [-0.2, -0.15) is 0 Å². The third-order valence-electron chi connectivity index (χ3n) is 8.28. The molecule has 5 atom stereocenters. The molecule has 0 spiro atoms. The molecule has 1 aliphatic carbocycles. The molecule has 1 heterocycles. The van der Waals surface area contributed by atoms with Crippen LogP contribution in [-0.2, 0) is 16.9 Å². The molecule has 6 heteroatoms. The van der Waals surface area contributed by atoms with Crippen LogP contribution >= 0.6 is 11.6 Å². The van der Waals surface area contributed by atoms with Crippen molar-refractivity contribution in [1.29, 1.82) is 0 Å². The molecular weight excluding hydrogens is 465 g/mol. The molecule has 2 aliphatic rings. The van der Waals surface area contributed by atoms with Crippen LogP contribution in [0.2, 0.25) is 5.02 Å². The number of carboxylic acid groups (broad SMARTS) is 1. The first-order chi connectivity index (χ1) is 16.8. The van der Waals surface area contributed by atoms with Gasteiger partial charge in [0.1, 0.15) is 5.82 Å². The summed E-state index contributed by atoms with van der Waals surface area (Å²) in [5.74, 6) is -2.48. The van der Waals surface area contributed by atoms with Gasteiger partial charge in [0.25, 0.3) is 0 Å². The topological polar surface area (TPSA) is 60.8 Å². The molecule has 2 N–H and O–H groups in total. The minimum atomic E-state index is -1.51. The molecule has 0 bridgehead atoms. The van der Waals surface area contributed by atoms with Gasteiger partial charge >= 0.3 is 5.97 Å². The standard InChI is InChI=1S/C29H29ClFNO3/c1-19-26-28(27(33)34,18-32(19)17-20-8-4-2-5-9-20)23(21-10-6-3-7-11-21)14-15-29(26,35)22-12-13-24(30)25(31)16-22/h2-13,16,19,23,26,35H,14-15,17-18H2,1H3,(H,33,34). The second kappa shape index (κ2) is 9.05. The van der Waals surface area contributed by atoms with E-state index in [4.69, 9.17) is 11.6 Å². The molecule has 1 aliphatic heterocycles. The first kappa shape index (κ1) is 24.0. The fourth-order valence-electron chi connectivity index (χ4n) is 6.76. The smallest absolute Gasteiger partial charge is 0.312 e. The highest BCUT2D eigenvalue weighted by molar-refractivity contribution is 6.30. The predicted octanol–water partition coefficient (Wildman–Crippen LogP) is 5.84. The van der Waals surface area contributed by atoms with E-state index in [0.29, 0.717) is 31.5 Å². The van der Waals surface area contributed by atoms with Crippen LogP contribution in [0.3, 0.4) is 0 Å². The van der Waals surface area contributed by atoms with E-state index in [1.807, 2.05) is 67.6 Å². The molecule has 1 saturated carbocycles. The number of hydrogen-bond donors (Lipinski definition) is 2. The molecule has 5 rings (SSSR count). The molecule has 0 amide bonds. The first-order valence-electron chi connectivity index (χ1n) is 12.0. The van der Waals surface area contributed by atoms with E-state index < -0.39 is 28.7 Å². The summed E-state index contributed by atoms with van der Waals surface area (Å²) >= 11 is 5.94. The van der Waals surface area contributed by atoms with Gasteiger partial charge in [-0.15, -0.1) is 0 Å². The second-order valence-corrected chi connectivity index (χ2v) is 10.4. The summed E-state index contributed by atoms with van der Waals surface area (Å²) in [4.78, 5) is 15.5. The molecule has 3 aromatic rings. The Balaban J connectivity index is 1.66. The Bertz CT molecular complexity index is 1220. The minimum absolute atomic E-state index is 0.0232. The number of benzene rings is 3. The van der Waals surface area contributed by atoms with Crippen LogP contribution in [0.15, 0.2) is 78.9 Å². The lowest BCUT2D eigenvalue weighted by molar-refractivity contribution is -0.172. The zero-order chi connectivity index (χ0) is 24.8. The summed E-state index contributed by atoms with van der Waals surface area (Å²) in [6.45, 7) is 2.85. The van der Waals surface area contributed by atoms with E-state index in [1.54, 1.807) is 6.07 Å². The lowest BCUT2D eigenvalue weighted by Crippen LogP contribution is -2.57.